The van der Waals surface area contributed by atoms with Crippen LogP contribution in [0, 0.1) is 11.6 Å². The Bertz CT molecular complexity index is 398. The van der Waals surface area contributed by atoms with E-state index in [0.29, 0.717) is 18.9 Å². The predicted molar refractivity (Wildman–Crippen MR) is 63.0 cm³/mol. The lowest BCUT2D eigenvalue weighted by Crippen LogP contribution is -2.41. The maximum atomic E-state index is 13.3. The van der Waals surface area contributed by atoms with Crippen LogP contribution in [-0.4, -0.2) is 25.6 Å². The van der Waals surface area contributed by atoms with E-state index in [1.165, 1.54) is 18.2 Å². The van der Waals surface area contributed by atoms with Crippen molar-refractivity contribution in [2.75, 3.05) is 19.6 Å². The van der Waals surface area contributed by atoms with Gasteiger partial charge < -0.3 is 10.6 Å². The van der Waals surface area contributed by atoms with Crippen molar-refractivity contribution in [2.24, 2.45) is 4.99 Å². The quantitative estimate of drug-likeness (QED) is 0.837. The van der Waals surface area contributed by atoms with Crippen molar-refractivity contribution in [1.82, 2.24) is 10.6 Å². The van der Waals surface area contributed by atoms with Gasteiger partial charge in [-0.3, -0.25) is 4.99 Å². The van der Waals surface area contributed by atoms with Crippen molar-refractivity contribution < 1.29 is 8.78 Å². The van der Waals surface area contributed by atoms with E-state index in [0.717, 1.165) is 19.5 Å². The van der Waals surface area contributed by atoms with Crippen LogP contribution >= 0.6 is 0 Å². The predicted octanol–water partition coefficient (Wildman–Crippen LogP) is 1.45. The number of benzene rings is 1. The summed E-state index contributed by atoms with van der Waals surface area (Å²) in [7, 11) is 0. The Balaban J connectivity index is 1.87. The second-order valence-corrected chi connectivity index (χ2v) is 3.89. The molecule has 0 aliphatic carbocycles. The molecule has 0 bridgehead atoms. The molecule has 0 radical (unpaired) electrons. The second kappa shape index (κ2) is 5.61. The zero-order chi connectivity index (χ0) is 12.1. The van der Waals surface area contributed by atoms with Crippen molar-refractivity contribution in [2.45, 2.75) is 12.8 Å². The summed E-state index contributed by atoms with van der Waals surface area (Å²) in [6, 6.07) is 3.91. The van der Waals surface area contributed by atoms with E-state index in [4.69, 9.17) is 0 Å². The van der Waals surface area contributed by atoms with Gasteiger partial charge in [-0.05, 0) is 25.0 Å². The number of halogens is 2. The summed E-state index contributed by atoms with van der Waals surface area (Å²) in [4.78, 5) is 4.21. The third-order valence-electron chi connectivity index (χ3n) is 2.63. The lowest BCUT2D eigenvalue weighted by molar-refractivity contribution is 0.552. The molecule has 0 spiro atoms. The molecule has 0 aromatic heterocycles. The Morgan fingerprint density at radius 1 is 1.29 bits per heavy atom. The Morgan fingerprint density at radius 3 is 2.71 bits per heavy atom. The Kier molecular flexibility index (Phi) is 3.90. The van der Waals surface area contributed by atoms with Gasteiger partial charge in [-0.15, -0.1) is 0 Å². The molecule has 0 saturated carbocycles. The van der Waals surface area contributed by atoms with Gasteiger partial charge in [0.15, 0.2) is 5.96 Å². The minimum Gasteiger partial charge on any atom is -0.356 e. The topological polar surface area (TPSA) is 36.4 Å². The van der Waals surface area contributed by atoms with Crippen molar-refractivity contribution in [1.29, 1.82) is 0 Å². The standard InChI is InChI=1S/C12H15F2N3/c13-10-3-1-4-11(14)9(10)5-8-17-12-15-6-2-7-16-12/h1,3-4H,2,5-8H2,(H2,15,16,17). The van der Waals surface area contributed by atoms with E-state index in [1.54, 1.807) is 0 Å². The van der Waals surface area contributed by atoms with E-state index in [9.17, 15) is 8.78 Å². The Hall–Kier alpha value is -1.65. The van der Waals surface area contributed by atoms with Gasteiger partial charge in [0.25, 0.3) is 0 Å². The SMILES string of the molecule is Fc1cccc(F)c1CCNC1=NCCCN1. The van der Waals surface area contributed by atoms with Crippen LogP contribution < -0.4 is 10.6 Å². The lowest BCUT2D eigenvalue weighted by Gasteiger charge is -2.16. The lowest BCUT2D eigenvalue weighted by atomic mass is 10.1. The van der Waals surface area contributed by atoms with Crippen LogP contribution in [-0.2, 0) is 6.42 Å². The molecule has 1 aromatic carbocycles. The van der Waals surface area contributed by atoms with Gasteiger partial charge in [0, 0.05) is 25.2 Å². The summed E-state index contributed by atoms with van der Waals surface area (Å²) in [5.41, 5.74) is 0.122. The smallest absolute Gasteiger partial charge is 0.191 e. The number of nitrogens with zero attached hydrogens (tertiary/aromatic N) is 1. The van der Waals surface area contributed by atoms with Crippen molar-refractivity contribution in [3.05, 3.63) is 35.4 Å². The third-order valence-corrected chi connectivity index (χ3v) is 2.63. The minimum atomic E-state index is -0.495. The third kappa shape index (κ3) is 3.15. The van der Waals surface area contributed by atoms with Gasteiger partial charge in [0.2, 0.25) is 0 Å². The van der Waals surface area contributed by atoms with E-state index in [2.05, 4.69) is 15.6 Å². The van der Waals surface area contributed by atoms with Crippen LogP contribution in [0.3, 0.4) is 0 Å². The van der Waals surface area contributed by atoms with Crippen molar-refractivity contribution in [3.8, 4) is 0 Å². The van der Waals surface area contributed by atoms with Crippen molar-refractivity contribution in [3.63, 3.8) is 0 Å². The molecule has 1 aliphatic heterocycles. The molecule has 0 atom stereocenters. The van der Waals surface area contributed by atoms with E-state index in [1.807, 2.05) is 0 Å². The summed E-state index contributed by atoms with van der Waals surface area (Å²) < 4.78 is 26.6. The molecule has 1 aliphatic rings. The molecule has 0 amide bonds. The summed E-state index contributed by atoms with van der Waals surface area (Å²) >= 11 is 0. The normalized spacial score (nSPS) is 15.1. The van der Waals surface area contributed by atoms with Gasteiger partial charge in [0.05, 0.1) is 0 Å². The Labute approximate surface area is 98.9 Å². The molecule has 0 saturated heterocycles. The highest BCUT2D eigenvalue weighted by molar-refractivity contribution is 5.80. The van der Waals surface area contributed by atoms with Gasteiger partial charge in [-0.1, -0.05) is 6.07 Å². The van der Waals surface area contributed by atoms with Crippen LogP contribution in [0.5, 0.6) is 0 Å². The molecule has 2 rings (SSSR count). The molecule has 17 heavy (non-hydrogen) atoms. The molecular weight excluding hydrogens is 224 g/mol. The first-order valence-electron chi connectivity index (χ1n) is 5.72. The largest absolute Gasteiger partial charge is 0.356 e. The highest BCUT2D eigenvalue weighted by Gasteiger charge is 2.08. The summed E-state index contributed by atoms with van der Waals surface area (Å²) in [6.45, 7) is 2.15. The van der Waals surface area contributed by atoms with E-state index >= 15 is 0 Å². The zero-order valence-corrected chi connectivity index (χ0v) is 9.47. The molecule has 0 fully saturated rings. The van der Waals surface area contributed by atoms with Crippen LogP contribution in [0.15, 0.2) is 23.2 Å². The fourth-order valence-electron chi connectivity index (χ4n) is 1.73. The maximum Gasteiger partial charge on any atom is 0.191 e. The zero-order valence-electron chi connectivity index (χ0n) is 9.47. The number of aliphatic imine (C=N–C) groups is 1. The average molecular weight is 239 g/mol. The number of guanidine groups is 1. The molecule has 1 aromatic rings. The van der Waals surface area contributed by atoms with Crippen LogP contribution in [0.2, 0.25) is 0 Å². The first-order chi connectivity index (χ1) is 8.27. The number of rotatable bonds is 3. The van der Waals surface area contributed by atoms with Crippen molar-refractivity contribution >= 4 is 5.96 Å². The molecule has 2 N–H and O–H groups in total. The first-order valence-corrected chi connectivity index (χ1v) is 5.72. The molecule has 5 heteroatoms. The van der Waals surface area contributed by atoms with Crippen LogP contribution in [0.25, 0.3) is 0 Å². The molecule has 3 nitrogen and oxygen atoms in total. The number of hydrogen-bond acceptors (Lipinski definition) is 3. The summed E-state index contributed by atoms with van der Waals surface area (Å²) in [5, 5.41) is 6.12. The summed E-state index contributed by atoms with van der Waals surface area (Å²) in [5.74, 6) is -0.274. The van der Waals surface area contributed by atoms with E-state index in [-0.39, 0.29) is 5.56 Å². The molecule has 1 heterocycles. The average Bonchev–Trinajstić information content (AvgIpc) is 2.34. The fourth-order valence-corrected chi connectivity index (χ4v) is 1.73. The fraction of sp³-hybridized carbons (Fsp3) is 0.417. The van der Waals surface area contributed by atoms with Crippen LogP contribution in [0.4, 0.5) is 8.78 Å². The minimum absolute atomic E-state index is 0.122. The molecular formula is C12H15F2N3. The van der Waals surface area contributed by atoms with Crippen LogP contribution in [0.1, 0.15) is 12.0 Å². The number of nitrogens with one attached hydrogen (secondary N) is 2. The number of hydrogen-bond donors (Lipinski definition) is 2. The second-order valence-electron chi connectivity index (χ2n) is 3.89. The molecule has 92 valence electrons. The van der Waals surface area contributed by atoms with Gasteiger partial charge in [-0.2, -0.15) is 0 Å². The van der Waals surface area contributed by atoms with Gasteiger partial charge in [-0.25, -0.2) is 8.78 Å². The van der Waals surface area contributed by atoms with E-state index < -0.39 is 11.6 Å². The summed E-state index contributed by atoms with van der Waals surface area (Å²) in [6.07, 6.45) is 1.33. The highest BCUT2D eigenvalue weighted by atomic mass is 19.1. The first kappa shape index (κ1) is 11.8. The maximum absolute atomic E-state index is 13.3. The Morgan fingerprint density at radius 2 is 2.06 bits per heavy atom. The molecule has 0 unspecified atom stereocenters. The monoisotopic (exact) mass is 239 g/mol. The van der Waals surface area contributed by atoms with Gasteiger partial charge in [0.1, 0.15) is 11.6 Å². The highest BCUT2D eigenvalue weighted by Crippen LogP contribution is 2.11. The van der Waals surface area contributed by atoms with Gasteiger partial charge >= 0.3 is 0 Å².